The summed E-state index contributed by atoms with van der Waals surface area (Å²) in [5, 5.41) is 0. The van der Waals surface area contributed by atoms with Crippen molar-refractivity contribution in [1.82, 2.24) is 0 Å². The first-order valence-electron chi connectivity index (χ1n) is 3.57. The largest absolute Gasteiger partial charge is 0.207 e. The van der Waals surface area contributed by atoms with E-state index < -0.39 is 0 Å². The van der Waals surface area contributed by atoms with E-state index in [1.165, 1.54) is 12.2 Å². The van der Waals surface area contributed by atoms with Gasteiger partial charge in [-0.2, -0.15) is 0 Å². The lowest BCUT2D eigenvalue weighted by atomic mass is 9.87. The lowest BCUT2D eigenvalue weighted by molar-refractivity contribution is 0.515. The second kappa shape index (κ2) is 3.51. The van der Waals surface area contributed by atoms with Crippen LogP contribution >= 0.6 is 0 Å². The van der Waals surface area contributed by atoms with Gasteiger partial charge >= 0.3 is 0 Å². The van der Waals surface area contributed by atoms with E-state index in [-0.39, 0.29) is 11.2 Å². The minimum Gasteiger partial charge on any atom is -0.207 e. The van der Waals surface area contributed by atoms with Crippen LogP contribution in [0.5, 0.6) is 0 Å². The average molecular weight is 154 g/mol. The molecule has 62 valence electrons. The Kier molecular flexibility index (Phi) is 3.24. The maximum atomic E-state index is 12.6. The Balaban J connectivity index is 4.42. The maximum Gasteiger partial charge on any atom is 0.122 e. The van der Waals surface area contributed by atoms with Crippen LogP contribution in [0, 0.1) is 5.41 Å². The Morgan fingerprint density at radius 3 is 2.09 bits per heavy atom. The highest BCUT2D eigenvalue weighted by molar-refractivity contribution is 5.26. The molecule has 0 fully saturated rings. The molecule has 0 nitrogen and oxygen atoms in total. The molecule has 0 amide bonds. The molecule has 0 radical (unpaired) electrons. The van der Waals surface area contributed by atoms with Crippen molar-refractivity contribution in [2.75, 3.05) is 0 Å². The number of allylic oxidation sites excluding steroid dienone is 4. The van der Waals surface area contributed by atoms with Gasteiger partial charge in [0.05, 0.1) is 0 Å². The summed E-state index contributed by atoms with van der Waals surface area (Å²) in [5.74, 6) is -0.329. The monoisotopic (exact) mass is 154 g/mol. The van der Waals surface area contributed by atoms with E-state index in [0.29, 0.717) is 0 Å². The predicted octanol–water partition coefficient (Wildman–Crippen LogP) is 3.63. The molecule has 0 saturated heterocycles. The Bertz CT molecular complexity index is 191. The molecule has 0 aromatic rings. The first kappa shape index (κ1) is 10.2. The topological polar surface area (TPSA) is 0 Å². The summed E-state index contributed by atoms with van der Waals surface area (Å²) < 4.78 is 12.6. The van der Waals surface area contributed by atoms with Crippen LogP contribution in [0.15, 0.2) is 36.7 Å². The van der Waals surface area contributed by atoms with Crippen molar-refractivity contribution >= 4 is 0 Å². The zero-order valence-electron chi connectivity index (χ0n) is 7.45. The summed E-state index contributed by atoms with van der Waals surface area (Å²) in [6, 6.07) is 0. The first-order valence-corrected chi connectivity index (χ1v) is 3.57. The fraction of sp³-hybridized carbons (Fsp3) is 0.400. The summed E-state index contributed by atoms with van der Waals surface area (Å²) in [6.07, 6.45) is 2.59. The van der Waals surface area contributed by atoms with Crippen molar-refractivity contribution in [3.8, 4) is 0 Å². The second-order valence-corrected chi connectivity index (χ2v) is 3.51. The molecular weight excluding hydrogens is 139 g/mol. The lowest BCUT2D eigenvalue weighted by Gasteiger charge is -2.18. The Morgan fingerprint density at radius 2 is 1.82 bits per heavy atom. The van der Waals surface area contributed by atoms with E-state index in [1.54, 1.807) is 0 Å². The van der Waals surface area contributed by atoms with E-state index in [4.69, 9.17) is 0 Å². The number of hydrogen-bond acceptors (Lipinski definition) is 0. The fourth-order valence-electron chi connectivity index (χ4n) is 0.442. The van der Waals surface area contributed by atoms with Crippen molar-refractivity contribution in [3.63, 3.8) is 0 Å². The summed E-state index contributed by atoms with van der Waals surface area (Å²) >= 11 is 0. The van der Waals surface area contributed by atoms with Crippen molar-refractivity contribution in [2.24, 2.45) is 5.41 Å². The number of hydrogen-bond donors (Lipinski definition) is 0. The quantitative estimate of drug-likeness (QED) is 0.533. The number of halogens is 1. The highest BCUT2D eigenvalue weighted by atomic mass is 19.1. The van der Waals surface area contributed by atoms with E-state index in [0.717, 1.165) is 5.57 Å². The number of rotatable bonds is 2. The van der Waals surface area contributed by atoms with E-state index in [2.05, 4.69) is 13.2 Å². The summed E-state index contributed by atoms with van der Waals surface area (Å²) in [7, 11) is 0. The molecule has 0 aliphatic carbocycles. The van der Waals surface area contributed by atoms with Crippen LogP contribution in [0.4, 0.5) is 4.39 Å². The molecule has 0 aliphatic heterocycles. The Hall–Kier alpha value is -0.850. The van der Waals surface area contributed by atoms with Crippen LogP contribution in [0.25, 0.3) is 0 Å². The molecule has 0 rings (SSSR count). The van der Waals surface area contributed by atoms with Crippen LogP contribution in [0.1, 0.15) is 20.8 Å². The van der Waals surface area contributed by atoms with Gasteiger partial charge in [-0.1, -0.05) is 33.9 Å². The molecular formula is C10H15F. The molecule has 0 unspecified atom stereocenters. The second-order valence-electron chi connectivity index (χ2n) is 3.51. The molecule has 0 bridgehead atoms. The Labute approximate surface area is 68.1 Å². The lowest BCUT2D eigenvalue weighted by Crippen LogP contribution is -2.06. The minimum absolute atomic E-state index is 0.0691. The van der Waals surface area contributed by atoms with Crippen LogP contribution in [-0.2, 0) is 0 Å². The zero-order valence-corrected chi connectivity index (χ0v) is 7.45. The Morgan fingerprint density at radius 1 is 1.36 bits per heavy atom. The fourth-order valence-corrected chi connectivity index (χ4v) is 0.442. The third kappa shape index (κ3) is 3.76. The highest BCUT2D eigenvalue weighted by Crippen LogP contribution is 2.25. The van der Waals surface area contributed by atoms with Crippen LogP contribution < -0.4 is 0 Å². The smallest absolute Gasteiger partial charge is 0.122 e. The molecule has 1 heteroatoms. The summed E-state index contributed by atoms with van der Waals surface area (Å²) in [4.78, 5) is 0. The molecule has 0 aliphatic rings. The minimum atomic E-state index is -0.329. The van der Waals surface area contributed by atoms with Gasteiger partial charge in [0.1, 0.15) is 5.83 Å². The summed E-state index contributed by atoms with van der Waals surface area (Å²) in [6.45, 7) is 13.0. The van der Waals surface area contributed by atoms with Gasteiger partial charge in [-0.05, 0) is 23.1 Å². The molecule has 0 spiro atoms. The van der Waals surface area contributed by atoms with Crippen LogP contribution in [0.2, 0.25) is 0 Å². The van der Waals surface area contributed by atoms with Gasteiger partial charge in [-0.15, -0.1) is 0 Å². The van der Waals surface area contributed by atoms with Gasteiger partial charge in [-0.3, -0.25) is 0 Å². The van der Waals surface area contributed by atoms with Crippen LogP contribution in [-0.4, -0.2) is 0 Å². The molecule has 0 atom stereocenters. The maximum absolute atomic E-state index is 12.6. The SMILES string of the molecule is C=C/C(F)=C\C(=C)C(C)(C)C. The van der Waals surface area contributed by atoms with E-state index in [1.807, 2.05) is 20.8 Å². The zero-order chi connectivity index (χ0) is 9.07. The van der Waals surface area contributed by atoms with Crippen molar-refractivity contribution < 1.29 is 4.39 Å². The molecule has 0 saturated carbocycles. The first-order chi connectivity index (χ1) is 4.88. The van der Waals surface area contributed by atoms with Crippen LogP contribution in [0.3, 0.4) is 0 Å². The molecule has 0 aromatic carbocycles. The standard InChI is InChI=1S/C10H15F/c1-6-9(11)7-8(2)10(3,4)5/h6-7H,1-2H2,3-5H3/b9-7+. The molecule has 0 aromatic heterocycles. The molecule has 11 heavy (non-hydrogen) atoms. The van der Waals surface area contributed by atoms with Crippen molar-refractivity contribution in [2.45, 2.75) is 20.8 Å². The highest BCUT2D eigenvalue weighted by Gasteiger charge is 2.12. The van der Waals surface area contributed by atoms with Gasteiger partial charge in [0.15, 0.2) is 0 Å². The van der Waals surface area contributed by atoms with E-state index >= 15 is 0 Å². The van der Waals surface area contributed by atoms with Gasteiger partial charge in [-0.25, -0.2) is 4.39 Å². The predicted molar refractivity (Wildman–Crippen MR) is 48.0 cm³/mol. The van der Waals surface area contributed by atoms with Gasteiger partial charge < -0.3 is 0 Å². The molecule has 0 heterocycles. The summed E-state index contributed by atoms with van der Waals surface area (Å²) in [5.41, 5.74) is 0.704. The van der Waals surface area contributed by atoms with Gasteiger partial charge in [0, 0.05) is 0 Å². The third-order valence-electron chi connectivity index (χ3n) is 1.47. The average Bonchev–Trinajstić information content (AvgIpc) is 1.85. The van der Waals surface area contributed by atoms with Gasteiger partial charge in [0.2, 0.25) is 0 Å². The van der Waals surface area contributed by atoms with E-state index in [9.17, 15) is 4.39 Å². The van der Waals surface area contributed by atoms with Crippen molar-refractivity contribution in [3.05, 3.63) is 36.7 Å². The molecule has 0 N–H and O–H groups in total. The van der Waals surface area contributed by atoms with Crippen molar-refractivity contribution in [1.29, 1.82) is 0 Å². The van der Waals surface area contributed by atoms with Gasteiger partial charge in [0.25, 0.3) is 0 Å². The third-order valence-corrected chi connectivity index (χ3v) is 1.47. The normalized spacial score (nSPS) is 12.9.